The molecule has 0 aliphatic rings. The summed E-state index contributed by atoms with van der Waals surface area (Å²) in [6, 6.07) is 0. The van der Waals surface area contributed by atoms with Crippen molar-refractivity contribution in [2.24, 2.45) is 0 Å². The Labute approximate surface area is 155 Å². The molecule has 0 unspecified atom stereocenters. The van der Waals surface area contributed by atoms with Gasteiger partial charge in [0.2, 0.25) is 0 Å². The van der Waals surface area contributed by atoms with Crippen molar-refractivity contribution in [1.82, 2.24) is 0 Å². The van der Waals surface area contributed by atoms with E-state index in [0.717, 1.165) is 12.8 Å². The zero-order valence-corrected chi connectivity index (χ0v) is 16.6. The van der Waals surface area contributed by atoms with Crippen LogP contribution in [0.2, 0.25) is 0 Å². The zero-order valence-electron chi connectivity index (χ0n) is 14.5. The van der Waals surface area contributed by atoms with E-state index in [1.165, 1.54) is 83.5 Å². The molecule has 0 aromatic carbocycles. The van der Waals surface area contributed by atoms with Crippen LogP contribution in [0.3, 0.4) is 0 Å². The van der Waals surface area contributed by atoms with Crippen molar-refractivity contribution in [2.45, 2.75) is 110 Å². The zero-order chi connectivity index (χ0) is 14.9. The summed E-state index contributed by atoms with van der Waals surface area (Å²) in [5.74, 6) is -0.653. The van der Waals surface area contributed by atoms with Crippen molar-refractivity contribution in [1.29, 1.82) is 0 Å². The van der Waals surface area contributed by atoms with Crippen LogP contribution in [-0.2, 0) is 22.2 Å². The number of rotatable bonds is 16. The van der Waals surface area contributed by atoms with Gasteiger partial charge in [0, 0.05) is 23.8 Å². The molecular weight excluding hydrogens is 336 g/mol. The number of hydrogen-bond donors (Lipinski definition) is 1. The van der Waals surface area contributed by atoms with E-state index >= 15 is 0 Å². The molecular formula is C18H37ClCrO2. The first-order chi connectivity index (χ1) is 9.77. The number of carboxylic acid groups (broad SMARTS) is 1. The predicted molar refractivity (Wildman–Crippen MR) is 94.4 cm³/mol. The van der Waals surface area contributed by atoms with E-state index in [-0.39, 0.29) is 29.8 Å². The van der Waals surface area contributed by atoms with E-state index in [4.69, 9.17) is 5.11 Å². The van der Waals surface area contributed by atoms with Crippen molar-refractivity contribution in [2.75, 3.05) is 0 Å². The predicted octanol–water partition coefficient (Wildman–Crippen LogP) is 6.75. The minimum absolute atomic E-state index is 0. The Kier molecular flexibility index (Phi) is 29.1. The molecule has 0 saturated carbocycles. The van der Waals surface area contributed by atoms with Gasteiger partial charge in [-0.2, -0.15) is 0 Å². The number of unbranched alkanes of at least 4 members (excludes halogenated alkanes) is 14. The first kappa shape index (κ1) is 27.2. The molecule has 0 aliphatic carbocycles. The molecule has 2 nitrogen and oxygen atoms in total. The van der Waals surface area contributed by atoms with Gasteiger partial charge < -0.3 is 5.11 Å². The van der Waals surface area contributed by atoms with Crippen molar-refractivity contribution in [3.05, 3.63) is 0 Å². The standard InChI is InChI=1S/C18H36O2.ClH.Cr/c1-2-3-4-5-6-7-8-9-10-11-12-13-14-15-16-17-18(19)20;;/h2-17H2,1H3,(H,19,20);1H;. The Morgan fingerprint density at radius 2 is 0.909 bits per heavy atom. The monoisotopic (exact) mass is 372 g/mol. The summed E-state index contributed by atoms with van der Waals surface area (Å²) >= 11 is 0. The Morgan fingerprint density at radius 3 is 1.18 bits per heavy atom. The van der Waals surface area contributed by atoms with Gasteiger partial charge in [0.05, 0.1) is 0 Å². The quantitative estimate of drug-likeness (QED) is 0.304. The van der Waals surface area contributed by atoms with Crippen LogP contribution < -0.4 is 0 Å². The van der Waals surface area contributed by atoms with E-state index in [1.807, 2.05) is 0 Å². The summed E-state index contributed by atoms with van der Waals surface area (Å²) in [6.45, 7) is 2.27. The molecule has 0 heterocycles. The van der Waals surface area contributed by atoms with Crippen molar-refractivity contribution < 1.29 is 27.3 Å². The smallest absolute Gasteiger partial charge is 0.303 e. The number of halogens is 1. The maximum absolute atomic E-state index is 10.3. The number of aliphatic carboxylic acids is 1. The second kappa shape index (κ2) is 23.6. The average molecular weight is 373 g/mol. The molecule has 0 fully saturated rings. The van der Waals surface area contributed by atoms with Gasteiger partial charge in [-0.25, -0.2) is 0 Å². The van der Waals surface area contributed by atoms with Crippen LogP contribution in [0.4, 0.5) is 0 Å². The van der Waals surface area contributed by atoms with Crippen LogP contribution in [0.1, 0.15) is 110 Å². The van der Waals surface area contributed by atoms with E-state index < -0.39 is 5.97 Å². The topological polar surface area (TPSA) is 37.3 Å². The van der Waals surface area contributed by atoms with Crippen molar-refractivity contribution in [3.63, 3.8) is 0 Å². The molecule has 0 rings (SSSR count). The molecule has 0 aromatic heterocycles. The summed E-state index contributed by atoms with van der Waals surface area (Å²) in [5, 5.41) is 8.52. The molecule has 4 heteroatoms. The molecule has 0 bridgehead atoms. The Balaban J connectivity index is -0.00000180. The van der Waals surface area contributed by atoms with Gasteiger partial charge in [-0.3, -0.25) is 4.79 Å². The van der Waals surface area contributed by atoms with Gasteiger partial charge in [-0.1, -0.05) is 96.8 Å². The fourth-order valence-electron chi connectivity index (χ4n) is 2.65. The maximum atomic E-state index is 10.3. The second-order valence-corrected chi connectivity index (χ2v) is 6.09. The molecule has 0 saturated heterocycles. The van der Waals surface area contributed by atoms with Gasteiger partial charge in [-0.05, 0) is 6.42 Å². The summed E-state index contributed by atoms with van der Waals surface area (Å²) in [5.41, 5.74) is 0. The fourth-order valence-corrected chi connectivity index (χ4v) is 2.65. The molecule has 0 atom stereocenters. The first-order valence-electron chi connectivity index (χ1n) is 8.99. The molecule has 0 radical (unpaired) electrons. The molecule has 22 heavy (non-hydrogen) atoms. The Bertz CT molecular complexity index is 213. The van der Waals surface area contributed by atoms with Gasteiger partial charge in [-0.15, -0.1) is 12.4 Å². The molecule has 0 aromatic rings. The summed E-state index contributed by atoms with van der Waals surface area (Å²) in [4.78, 5) is 10.3. The molecule has 1 N–H and O–H groups in total. The fraction of sp³-hybridized carbons (Fsp3) is 0.944. The van der Waals surface area contributed by atoms with Crippen molar-refractivity contribution >= 4 is 18.4 Å². The Morgan fingerprint density at radius 1 is 0.636 bits per heavy atom. The van der Waals surface area contributed by atoms with Crippen LogP contribution >= 0.6 is 12.4 Å². The number of carbonyl (C=O) groups is 1. The molecule has 134 valence electrons. The minimum Gasteiger partial charge on any atom is -0.481 e. The van der Waals surface area contributed by atoms with Gasteiger partial charge in [0.25, 0.3) is 0 Å². The van der Waals surface area contributed by atoms with E-state index in [1.54, 1.807) is 0 Å². The third-order valence-electron chi connectivity index (χ3n) is 3.99. The Hall–Kier alpha value is 0.292. The summed E-state index contributed by atoms with van der Waals surface area (Å²) < 4.78 is 0. The summed E-state index contributed by atoms with van der Waals surface area (Å²) in [6.07, 6.45) is 20.2. The summed E-state index contributed by atoms with van der Waals surface area (Å²) in [7, 11) is 0. The van der Waals surface area contributed by atoms with Crippen molar-refractivity contribution in [3.8, 4) is 0 Å². The van der Waals surface area contributed by atoms with Crippen LogP contribution in [0.15, 0.2) is 0 Å². The van der Waals surface area contributed by atoms with Crippen LogP contribution in [0.25, 0.3) is 0 Å². The molecule has 0 amide bonds. The normalized spacial score (nSPS) is 9.86. The van der Waals surface area contributed by atoms with E-state index in [9.17, 15) is 4.79 Å². The third kappa shape index (κ3) is 25.3. The van der Waals surface area contributed by atoms with E-state index in [2.05, 4.69) is 6.92 Å². The minimum atomic E-state index is -0.653. The average Bonchev–Trinajstić information content (AvgIpc) is 2.43. The molecule has 0 aliphatic heterocycles. The first-order valence-corrected chi connectivity index (χ1v) is 8.99. The largest absolute Gasteiger partial charge is 0.481 e. The number of hydrogen-bond acceptors (Lipinski definition) is 1. The van der Waals surface area contributed by atoms with E-state index in [0.29, 0.717) is 6.42 Å². The molecule has 0 spiro atoms. The van der Waals surface area contributed by atoms with Crippen LogP contribution in [0, 0.1) is 0 Å². The third-order valence-corrected chi connectivity index (χ3v) is 3.99. The van der Waals surface area contributed by atoms with Gasteiger partial charge >= 0.3 is 5.97 Å². The van der Waals surface area contributed by atoms with Gasteiger partial charge in [0.15, 0.2) is 0 Å². The second-order valence-electron chi connectivity index (χ2n) is 6.09. The maximum Gasteiger partial charge on any atom is 0.303 e. The SMILES string of the molecule is CCCCCCCCCCCCCCCCCC(=O)O.Cl.[Cr]. The van der Waals surface area contributed by atoms with Crippen LogP contribution in [0.5, 0.6) is 0 Å². The van der Waals surface area contributed by atoms with Gasteiger partial charge in [0.1, 0.15) is 0 Å². The number of carboxylic acids is 1. The van der Waals surface area contributed by atoms with Crippen LogP contribution in [-0.4, -0.2) is 11.1 Å².